The second-order valence-electron chi connectivity index (χ2n) is 5.49. The van der Waals surface area contributed by atoms with Gasteiger partial charge < -0.3 is 10.4 Å². The Morgan fingerprint density at radius 1 is 1.30 bits per heavy atom. The summed E-state index contributed by atoms with van der Waals surface area (Å²) in [6, 6.07) is 6.63. The van der Waals surface area contributed by atoms with Crippen LogP contribution in [0.2, 0.25) is 0 Å². The first-order valence-corrected chi connectivity index (χ1v) is 8.99. The van der Waals surface area contributed by atoms with E-state index in [1.54, 1.807) is 30.5 Å². The number of aromatic nitrogens is 1. The van der Waals surface area contributed by atoms with Gasteiger partial charge in [0.1, 0.15) is 5.84 Å². The largest absolute Gasteiger partial charge is 0.392 e. The SMILES string of the molecule is CC1=C(CO)CN=C1Nc1ccnc2ccc(S(C)(=O)=O)cc12. The average Bonchev–Trinajstić information content (AvgIpc) is 2.86. The zero-order valence-corrected chi connectivity index (χ0v) is 13.7. The highest BCUT2D eigenvalue weighted by atomic mass is 32.2. The number of sulfone groups is 1. The van der Waals surface area contributed by atoms with Crippen LogP contribution in [0, 0.1) is 0 Å². The normalized spacial score (nSPS) is 15.2. The third-order valence-corrected chi connectivity index (χ3v) is 5.01. The number of nitrogens with zero attached hydrogens (tertiary/aromatic N) is 2. The number of hydrogen-bond acceptors (Lipinski definition) is 6. The Morgan fingerprint density at radius 2 is 2.09 bits per heavy atom. The molecule has 0 amide bonds. The highest BCUT2D eigenvalue weighted by Crippen LogP contribution is 2.26. The zero-order valence-electron chi connectivity index (χ0n) is 12.9. The van der Waals surface area contributed by atoms with E-state index in [1.807, 2.05) is 6.92 Å². The highest BCUT2D eigenvalue weighted by Gasteiger charge is 2.16. The van der Waals surface area contributed by atoms with Gasteiger partial charge in [-0.1, -0.05) is 0 Å². The molecule has 0 bridgehead atoms. The Labute approximate surface area is 134 Å². The molecule has 1 aliphatic rings. The number of aliphatic hydroxyl groups is 1. The number of aliphatic imine (C=N–C) groups is 1. The van der Waals surface area contributed by atoms with Gasteiger partial charge in [-0.05, 0) is 42.3 Å². The number of aliphatic hydroxyl groups excluding tert-OH is 1. The molecule has 0 aliphatic carbocycles. The molecule has 2 heterocycles. The minimum absolute atomic E-state index is 0.0180. The Hall–Kier alpha value is -2.25. The lowest BCUT2D eigenvalue weighted by atomic mass is 10.1. The van der Waals surface area contributed by atoms with E-state index in [0.717, 1.165) is 16.8 Å². The van der Waals surface area contributed by atoms with Crippen LogP contribution in [0.15, 0.2) is 51.5 Å². The highest BCUT2D eigenvalue weighted by molar-refractivity contribution is 7.90. The number of nitrogens with one attached hydrogen (secondary N) is 1. The van der Waals surface area contributed by atoms with Gasteiger partial charge in [0.15, 0.2) is 9.84 Å². The predicted molar refractivity (Wildman–Crippen MR) is 90.6 cm³/mol. The van der Waals surface area contributed by atoms with E-state index in [0.29, 0.717) is 23.3 Å². The standard InChI is InChI=1S/C16H17N3O3S/c1-10-11(9-20)8-18-16(10)19-15-5-6-17-14-4-3-12(7-13(14)15)23(2,21)22/h3-7,20H,8-9H2,1-2H3,(H,17,18,19). The minimum Gasteiger partial charge on any atom is -0.392 e. The van der Waals surface area contributed by atoms with Gasteiger partial charge in [0, 0.05) is 17.8 Å². The molecule has 7 heteroatoms. The van der Waals surface area contributed by atoms with Crippen LogP contribution in [-0.2, 0) is 9.84 Å². The van der Waals surface area contributed by atoms with Gasteiger partial charge in [-0.2, -0.15) is 0 Å². The molecule has 0 saturated heterocycles. The fourth-order valence-electron chi connectivity index (χ4n) is 2.47. The van der Waals surface area contributed by atoms with Crippen molar-refractivity contribution < 1.29 is 13.5 Å². The minimum atomic E-state index is -3.29. The Bertz CT molecular complexity index is 946. The van der Waals surface area contributed by atoms with Gasteiger partial charge >= 0.3 is 0 Å². The van der Waals surface area contributed by atoms with Crippen LogP contribution in [0.4, 0.5) is 5.69 Å². The predicted octanol–water partition coefficient (Wildman–Crippen LogP) is 1.77. The molecule has 23 heavy (non-hydrogen) atoms. The van der Waals surface area contributed by atoms with E-state index in [9.17, 15) is 13.5 Å². The molecule has 6 nitrogen and oxygen atoms in total. The smallest absolute Gasteiger partial charge is 0.175 e. The summed E-state index contributed by atoms with van der Waals surface area (Å²) in [4.78, 5) is 8.89. The third-order valence-electron chi connectivity index (χ3n) is 3.90. The summed E-state index contributed by atoms with van der Waals surface area (Å²) in [6.45, 7) is 2.35. The van der Waals surface area contributed by atoms with Gasteiger partial charge in [-0.3, -0.25) is 9.98 Å². The molecule has 1 aliphatic heterocycles. The van der Waals surface area contributed by atoms with Crippen LogP contribution in [0.25, 0.3) is 10.9 Å². The lowest BCUT2D eigenvalue weighted by Crippen LogP contribution is -2.12. The fraction of sp³-hybridized carbons (Fsp3) is 0.250. The van der Waals surface area contributed by atoms with E-state index in [2.05, 4.69) is 15.3 Å². The van der Waals surface area contributed by atoms with Gasteiger partial charge in [-0.25, -0.2) is 8.42 Å². The van der Waals surface area contributed by atoms with Crippen molar-refractivity contribution in [1.82, 2.24) is 4.98 Å². The maximum Gasteiger partial charge on any atom is 0.175 e. The summed E-state index contributed by atoms with van der Waals surface area (Å²) in [5, 5.41) is 13.2. The number of rotatable bonds is 3. The van der Waals surface area contributed by atoms with Crippen molar-refractivity contribution in [2.45, 2.75) is 11.8 Å². The molecule has 0 atom stereocenters. The molecule has 0 spiro atoms. The first-order chi connectivity index (χ1) is 10.9. The molecular formula is C16H17N3O3S. The van der Waals surface area contributed by atoms with E-state index < -0.39 is 9.84 Å². The quantitative estimate of drug-likeness (QED) is 0.894. The van der Waals surface area contributed by atoms with Crippen LogP contribution >= 0.6 is 0 Å². The third kappa shape index (κ3) is 2.97. The van der Waals surface area contributed by atoms with E-state index >= 15 is 0 Å². The maximum absolute atomic E-state index is 11.8. The first kappa shape index (κ1) is 15.6. The zero-order chi connectivity index (χ0) is 16.6. The number of hydrogen-bond donors (Lipinski definition) is 2. The molecule has 3 rings (SSSR count). The lowest BCUT2D eigenvalue weighted by Gasteiger charge is -2.11. The van der Waals surface area contributed by atoms with E-state index in [1.165, 1.54) is 6.26 Å². The summed E-state index contributed by atoms with van der Waals surface area (Å²) < 4.78 is 23.5. The molecule has 2 aromatic rings. The number of pyridine rings is 1. The average molecular weight is 331 g/mol. The van der Waals surface area contributed by atoms with Crippen LogP contribution < -0.4 is 5.32 Å². The molecular weight excluding hydrogens is 314 g/mol. The van der Waals surface area contributed by atoms with E-state index in [-0.39, 0.29) is 11.5 Å². The monoisotopic (exact) mass is 331 g/mol. The second kappa shape index (κ2) is 5.75. The fourth-order valence-corrected chi connectivity index (χ4v) is 3.12. The summed E-state index contributed by atoms with van der Waals surface area (Å²) >= 11 is 0. The Balaban J connectivity index is 2.06. The van der Waals surface area contributed by atoms with Crippen molar-refractivity contribution in [3.05, 3.63) is 41.6 Å². The van der Waals surface area contributed by atoms with Gasteiger partial charge in [0.25, 0.3) is 0 Å². The molecule has 0 radical (unpaired) electrons. The van der Waals surface area contributed by atoms with Crippen molar-refractivity contribution in [1.29, 1.82) is 0 Å². The van der Waals surface area contributed by atoms with Gasteiger partial charge in [-0.15, -0.1) is 0 Å². The topological polar surface area (TPSA) is 91.7 Å². The van der Waals surface area contributed by atoms with Crippen LogP contribution in [0.5, 0.6) is 0 Å². The lowest BCUT2D eigenvalue weighted by molar-refractivity contribution is 0.329. The number of fused-ring (bicyclic) bond motifs is 1. The number of benzene rings is 1. The summed E-state index contributed by atoms with van der Waals surface area (Å²) in [6.07, 6.45) is 2.84. The van der Waals surface area contributed by atoms with Crippen LogP contribution in [0.3, 0.4) is 0 Å². The van der Waals surface area contributed by atoms with Crippen molar-refractivity contribution in [2.24, 2.45) is 4.99 Å². The molecule has 0 unspecified atom stereocenters. The summed E-state index contributed by atoms with van der Waals surface area (Å²) in [7, 11) is -3.29. The molecule has 0 fully saturated rings. The molecule has 1 aromatic carbocycles. The first-order valence-electron chi connectivity index (χ1n) is 7.10. The van der Waals surface area contributed by atoms with Crippen LogP contribution in [-0.4, -0.2) is 43.8 Å². The Kier molecular flexibility index (Phi) is 3.91. The Morgan fingerprint density at radius 3 is 2.74 bits per heavy atom. The number of amidine groups is 1. The van der Waals surface area contributed by atoms with Crippen molar-refractivity contribution in [2.75, 3.05) is 24.7 Å². The van der Waals surface area contributed by atoms with Crippen molar-refractivity contribution in [3.63, 3.8) is 0 Å². The van der Waals surface area contributed by atoms with Crippen LogP contribution in [0.1, 0.15) is 6.92 Å². The summed E-state index contributed by atoms with van der Waals surface area (Å²) in [5.74, 6) is 0.686. The van der Waals surface area contributed by atoms with Crippen molar-refractivity contribution in [3.8, 4) is 0 Å². The molecule has 120 valence electrons. The van der Waals surface area contributed by atoms with E-state index in [4.69, 9.17) is 0 Å². The van der Waals surface area contributed by atoms with Gasteiger partial charge in [0.05, 0.1) is 29.3 Å². The molecule has 2 N–H and O–H groups in total. The maximum atomic E-state index is 11.8. The molecule has 0 saturated carbocycles. The molecule has 1 aromatic heterocycles. The van der Waals surface area contributed by atoms with Gasteiger partial charge in [0.2, 0.25) is 0 Å². The summed E-state index contributed by atoms with van der Waals surface area (Å²) in [5.41, 5.74) is 3.22. The van der Waals surface area contributed by atoms with Crippen molar-refractivity contribution >= 4 is 32.3 Å². The second-order valence-corrected chi connectivity index (χ2v) is 7.50. The number of anilines is 1.